The van der Waals surface area contributed by atoms with Crippen LogP contribution in [0.1, 0.15) is 11.1 Å². The molecule has 0 aliphatic carbocycles. The molecule has 0 bridgehead atoms. The maximum Gasteiger partial charge on any atom is 0.244 e. The first kappa shape index (κ1) is 20.4. The zero-order valence-corrected chi connectivity index (χ0v) is 16.2. The molecule has 0 aliphatic rings. The highest BCUT2D eigenvalue weighted by Gasteiger charge is 2.05. The minimum absolute atomic E-state index is 0.0471. The van der Waals surface area contributed by atoms with E-state index in [-0.39, 0.29) is 12.5 Å². The van der Waals surface area contributed by atoms with Gasteiger partial charge in [0.25, 0.3) is 0 Å². The van der Waals surface area contributed by atoms with E-state index in [0.717, 1.165) is 11.3 Å². The molecule has 140 valence electrons. The van der Waals surface area contributed by atoms with E-state index in [9.17, 15) is 4.79 Å². The number of nitrogens with one attached hydrogen (secondary N) is 1. The molecule has 0 spiro atoms. The number of benzene rings is 2. The van der Waals surface area contributed by atoms with Gasteiger partial charge >= 0.3 is 0 Å². The van der Waals surface area contributed by atoms with Gasteiger partial charge in [-0.1, -0.05) is 23.8 Å². The number of carbonyl (C=O) groups excluding carboxylic acids is 1. The average molecular weight is 382 g/mol. The van der Waals surface area contributed by atoms with Crippen molar-refractivity contribution in [3.8, 4) is 17.6 Å². The molecule has 2 aromatic carbocycles. The largest absolute Gasteiger partial charge is 0.493 e. The van der Waals surface area contributed by atoms with Gasteiger partial charge in [0, 0.05) is 23.3 Å². The zero-order chi connectivity index (χ0) is 19.5. The fourth-order valence-corrected chi connectivity index (χ4v) is 2.99. The Morgan fingerprint density at radius 3 is 2.70 bits per heavy atom. The Labute approximate surface area is 164 Å². The van der Waals surface area contributed by atoms with Gasteiger partial charge in [0.2, 0.25) is 5.91 Å². The van der Waals surface area contributed by atoms with Crippen LogP contribution < -0.4 is 14.8 Å². The number of ether oxygens (including phenoxy) is 2. The lowest BCUT2D eigenvalue weighted by Gasteiger charge is -2.08. The normalized spacial score (nSPS) is 10.4. The fourth-order valence-electron chi connectivity index (χ4n) is 2.23. The van der Waals surface area contributed by atoms with E-state index in [4.69, 9.17) is 14.7 Å². The van der Waals surface area contributed by atoms with Crippen LogP contribution in [0.5, 0.6) is 11.5 Å². The average Bonchev–Trinajstić information content (AvgIpc) is 2.69. The predicted molar refractivity (Wildman–Crippen MR) is 108 cm³/mol. The van der Waals surface area contributed by atoms with Gasteiger partial charge < -0.3 is 14.8 Å². The number of carbonyl (C=O) groups is 1. The Balaban J connectivity index is 1.80. The van der Waals surface area contributed by atoms with E-state index in [2.05, 4.69) is 36.5 Å². The number of hydrogen-bond donors (Lipinski definition) is 1. The van der Waals surface area contributed by atoms with Crippen molar-refractivity contribution in [3.05, 3.63) is 59.7 Å². The summed E-state index contributed by atoms with van der Waals surface area (Å²) in [5.74, 6) is 1.67. The van der Waals surface area contributed by atoms with Crippen molar-refractivity contribution in [1.82, 2.24) is 5.32 Å². The number of nitriles is 1. The number of aryl methyl sites for hydroxylation is 1. The van der Waals surface area contributed by atoms with Crippen molar-refractivity contribution in [3.63, 3.8) is 0 Å². The molecule has 0 saturated carbocycles. The summed E-state index contributed by atoms with van der Waals surface area (Å²) in [7, 11) is 1.53. The van der Waals surface area contributed by atoms with Gasteiger partial charge in [0.1, 0.15) is 6.07 Å². The third-order valence-corrected chi connectivity index (χ3v) is 4.61. The SMILES string of the molecule is COc1cc(/C=C/C(=O)NCCSc2ccc(C)cc2)ccc1OCC#N. The molecule has 0 saturated heterocycles. The topological polar surface area (TPSA) is 71.3 Å². The molecule has 0 radical (unpaired) electrons. The second-order valence-corrected chi connectivity index (χ2v) is 6.81. The maximum absolute atomic E-state index is 11.9. The van der Waals surface area contributed by atoms with Crippen LogP contribution in [-0.2, 0) is 4.79 Å². The lowest BCUT2D eigenvalue weighted by molar-refractivity contribution is -0.116. The minimum atomic E-state index is -0.150. The van der Waals surface area contributed by atoms with Crippen molar-refractivity contribution < 1.29 is 14.3 Å². The quantitative estimate of drug-likeness (QED) is 0.405. The second-order valence-electron chi connectivity index (χ2n) is 5.64. The van der Waals surface area contributed by atoms with Crippen LogP contribution >= 0.6 is 11.8 Å². The van der Waals surface area contributed by atoms with Gasteiger partial charge in [-0.15, -0.1) is 11.8 Å². The number of rotatable bonds is 9. The van der Waals surface area contributed by atoms with Gasteiger partial charge in [-0.2, -0.15) is 5.26 Å². The minimum Gasteiger partial charge on any atom is -0.493 e. The monoisotopic (exact) mass is 382 g/mol. The van der Waals surface area contributed by atoms with Crippen LogP contribution in [0.15, 0.2) is 53.4 Å². The molecule has 2 rings (SSSR count). The molecule has 0 fully saturated rings. The predicted octanol–water partition coefficient (Wildman–Crippen LogP) is 3.83. The molecule has 6 heteroatoms. The van der Waals surface area contributed by atoms with E-state index in [1.54, 1.807) is 36.0 Å². The van der Waals surface area contributed by atoms with Crippen LogP contribution in [-0.4, -0.2) is 31.9 Å². The summed E-state index contributed by atoms with van der Waals surface area (Å²) in [4.78, 5) is 13.1. The third-order valence-electron chi connectivity index (χ3n) is 3.60. The van der Waals surface area contributed by atoms with Gasteiger partial charge in [0.15, 0.2) is 18.1 Å². The van der Waals surface area contributed by atoms with Crippen LogP contribution in [0.3, 0.4) is 0 Å². The number of methoxy groups -OCH3 is 1. The van der Waals surface area contributed by atoms with Crippen LogP contribution in [0.2, 0.25) is 0 Å². The number of nitrogens with zero attached hydrogens (tertiary/aromatic N) is 1. The van der Waals surface area contributed by atoms with Crippen LogP contribution in [0.4, 0.5) is 0 Å². The molecule has 0 aliphatic heterocycles. The Kier molecular flexibility index (Phi) is 8.27. The zero-order valence-electron chi connectivity index (χ0n) is 15.4. The Morgan fingerprint density at radius 1 is 1.22 bits per heavy atom. The smallest absolute Gasteiger partial charge is 0.244 e. The summed E-state index contributed by atoms with van der Waals surface area (Å²) in [5.41, 5.74) is 2.04. The van der Waals surface area contributed by atoms with Crippen LogP contribution in [0.25, 0.3) is 6.08 Å². The summed E-state index contributed by atoms with van der Waals surface area (Å²) in [5, 5.41) is 11.4. The second kappa shape index (κ2) is 10.9. The van der Waals surface area contributed by atoms with E-state index in [0.29, 0.717) is 18.0 Å². The number of amides is 1. The Bertz CT molecular complexity index is 826. The van der Waals surface area contributed by atoms with E-state index in [1.165, 1.54) is 23.6 Å². The molecule has 2 aromatic rings. The third kappa shape index (κ3) is 7.08. The van der Waals surface area contributed by atoms with Crippen molar-refractivity contribution in [2.24, 2.45) is 0 Å². The molecule has 1 amide bonds. The van der Waals surface area contributed by atoms with Crippen molar-refractivity contribution >= 4 is 23.7 Å². The molecule has 0 heterocycles. The molecule has 1 N–H and O–H groups in total. The highest BCUT2D eigenvalue weighted by molar-refractivity contribution is 7.99. The number of thioether (sulfide) groups is 1. The van der Waals surface area contributed by atoms with Crippen molar-refractivity contribution in [1.29, 1.82) is 5.26 Å². The molecular weight excluding hydrogens is 360 g/mol. The summed E-state index contributed by atoms with van der Waals surface area (Å²) < 4.78 is 10.5. The van der Waals surface area contributed by atoms with Crippen molar-refractivity contribution in [2.75, 3.05) is 26.0 Å². The van der Waals surface area contributed by atoms with Gasteiger partial charge in [-0.25, -0.2) is 0 Å². The maximum atomic E-state index is 11.9. The summed E-state index contributed by atoms with van der Waals surface area (Å²) in [6.07, 6.45) is 3.19. The molecule has 0 unspecified atom stereocenters. The van der Waals surface area contributed by atoms with Gasteiger partial charge in [-0.3, -0.25) is 4.79 Å². The Hall–Kier alpha value is -2.91. The van der Waals surface area contributed by atoms with Gasteiger partial charge in [0.05, 0.1) is 7.11 Å². The Morgan fingerprint density at radius 2 is 2.00 bits per heavy atom. The molecular formula is C21H22N2O3S. The molecule has 0 aromatic heterocycles. The highest BCUT2D eigenvalue weighted by atomic mass is 32.2. The summed E-state index contributed by atoms with van der Waals surface area (Å²) >= 11 is 1.71. The van der Waals surface area contributed by atoms with Gasteiger partial charge in [-0.05, 0) is 42.8 Å². The first-order valence-corrected chi connectivity index (χ1v) is 9.44. The molecule has 0 atom stereocenters. The van der Waals surface area contributed by atoms with E-state index < -0.39 is 0 Å². The molecule has 5 nitrogen and oxygen atoms in total. The number of hydrogen-bond acceptors (Lipinski definition) is 5. The standard InChI is InChI=1S/C21H22N2O3S/c1-16-3-7-18(8-4-16)27-14-12-23-21(24)10-6-17-5-9-19(26-13-11-22)20(15-17)25-2/h3-10,15H,12-14H2,1-2H3,(H,23,24)/b10-6+. The van der Waals surface area contributed by atoms with Crippen molar-refractivity contribution in [2.45, 2.75) is 11.8 Å². The summed E-state index contributed by atoms with van der Waals surface area (Å²) in [6.45, 7) is 2.60. The highest BCUT2D eigenvalue weighted by Crippen LogP contribution is 2.28. The van der Waals surface area contributed by atoms with E-state index in [1.807, 2.05) is 6.07 Å². The lowest BCUT2D eigenvalue weighted by Crippen LogP contribution is -2.23. The fraction of sp³-hybridized carbons (Fsp3) is 0.238. The van der Waals surface area contributed by atoms with Crippen LogP contribution in [0, 0.1) is 18.3 Å². The van der Waals surface area contributed by atoms with E-state index >= 15 is 0 Å². The lowest BCUT2D eigenvalue weighted by atomic mass is 10.2. The first-order chi connectivity index (χ1) is 13.1. The summed E-state index contributed by atoms with van der Waals surface area (Å²) in [6, 6.07) is 15.5. The first-order valence-electron chi connectivity index (χ1n) is 8.45. The molecule has 27 heavy (non-hydrogen) atoms.